The zero-order chi connectivity index (χ0) is 20.1. The van der Waals surface area contributed by atoms with Crippen molar-refractivity contribution in [3.63, 3.8) is 0 Å². The van der Waals surface area contributed by atoms with Crippen molar-refractivity contribution in [1.82, 2.24) is 10.3 Å². The number of hydrogen-bond acceptors (Lipinski definition) is 5. The number of thiocarbonyl (C=S) groups is 1. The smallest absolute Gasteiger partial charge is 0.257 e. The molecule has 0 bridgehead atoms. The Bertz CT molecular complexity index is 1030. The summed E-state index contributed by atoms with van der Waals surface area (Å²) in [5, 5.41) is 9.22. The van der Waals surface area contributed by atoms with Crippen molar-refractivity contribution in [1.29, 1.82) is 0 Å². The number of halogens is 1. The zero-order valence-electron chi connectivity index (χ0n) is 14.9. The lowest BCUT2D eigenvalue weighted by molar-refractivity contribution is -0.116. The SMILES string of the molecule is CCCC(=O)Nc1nc2ccc(NC(=S)NC(=O)c3ccc(Br)cc3)cc2s1. The van der Waals surface area contributed by atoms with Gasteiger partial charge in [-0.3, -0.25) is 14.9 Å². The average Bonchev–Trinajstić information content (AvgIpc) is 3.03. The number of benzene rings is 2. The van der Waals surface area contributed by atoms with E-state index in [1.807, 2.05) is 25.1 Å². The highest BCUT2D eigenvalue weighted by molar-refractivity contribution is 9.10. The first-order valence-electron chi connectivity index (χ1n) is 8.53. The molecule has 9 heteroatoms. The number of thiazole rings is 1. The molecule has 144 valence electrons. The van der Waals surface area contributed by atoms with Crippen LogP contribution in [0.3, 0.4) is 0 Å². The van der Waals surface area contributed by atoms with Crippen molar-refractivity contribution in [3.05, 3.63) is 52.5 Å². The van der Waals surface area contributed by atoms with Crippen LogP contribution in [-0.4, -0.2) is 21.9 Å². The van der Waals surface area contributed by atoms with Crippen molar-refractivity contribution in [3.8, 4) is 0 Å². The fourth-order valence-electron chi connectivity index (χ4n) is 2.40. The van der Waals surface area contributed by atoms with E-state index in [2.05, 4.69) is 36.9 Å². The number of nitrogens with zero attached hydrogens (tertiary/aromatic N) is 1. The Hall–Kier alpha value is -2.36. The second-order valence-corrected chi connectivity index (χ2v) is 8.27. The monoisotopic (exact) mass is 476 g/mol. The summed E-state index contributed by atoms with van der Waals surface area (Å²) in [7, 11) is 0. The van der Waals surface area contributed by atoms with Gasteiger partial charge in [0.2, 0.25) is 5.91 Å². The van der Waals surface area contributed by atoms with Crippen LogP contribution in [0.1, 0.15) is 30.1 Å². The van der Waals surface area contributed by atoms with Gasteiger partial charge in [0.15, 0.2) is 10.2 Å². The lowest BCUT2D eigenvalue weighted by Crippen LogP contribution is -2.34. The van der Waals surface area contributed by atoms with Crippen LogP contribution in [0.2, 0.25) is 0 Å². The summed E-state index contributed by atoms with van der Waals surface area (Å²) in [5.74, 6) is -0.332. The van der Waals surface area contributed by atoms with E-state index in [4.69, 9.17) is 12.2 Å². The minimum absolute atomic E-state index is 0.0447. The maximum atomic E-state index is 12.2. The fourth-order valence-corrected chi connectivity index (χ4v) is 3.80. The number of aromatic nitrogens is 1. The number of rotatable bonds is 5. The molecule has 3 N–H and O–H groups in total. The van der Waals surface area contributed by atoms with Gasteiger partial charge in [-0.25, -0.2) is 4.98 Å². The van der Waals surface area contributed by atoms with E-state index in [1.54, 1.807) is 24.3 Å². The number of amides is 2. The summed E-state index contributed by atoms with van der Waals surface area (Å²) in [6, 6.07) is 12.5. The number of hydrogen-bond donors (Lipinski definition) is 3. The van der Waals surface area contributed by atoms with Gasteiger partial charge in [0.25, 0.3) is 5.91 Å². The maximum absolute atomic E-state index is 12.2. The topological polar surface area (TPSA) is 83.1 Å². The Morgan fingerprint density at radius 1 is 1.14 bits per heavy atom. The molecule has 3 rings (SSSR count). The molecule has 0 saturated heterocycles. The molecule has 28 heavy (non-hydrogen) atoms. The Morgan fingerprint density at radius 3 is 2.61 bits per heavy atom. The van der Waals surface area contributed by atoms with Gasteiger partial charge in [0, 0.05) is 22.1 Å². The molecule has 0 unspecified atom stereocenters. The number of anilines is 2. The van der Waals surface area contributed by atoms with Gasteiger partial charge >= 0.3 is 0 Å². The first-order chi connectivity index (χ1) is 13.4. The van der Waals surface area contributed by atoms with Crippen LogP contribution in [0.15, 0.2) is 46.9 Å². The van der Waals surface area contributed by atoms with Gasteiger partial charge in [-0.05, 0) is 61.1 Å². The molecule has 6 nitrogen and oxygen atoms in total. The fraction of sp³-hybridized carbons (Fsp3) is 0.158. The van der Waals surface area contributed by atoms with Crippen LogP contribution in [0.4, 0.5) is 10.8 Å². The van der Waals surface area contributed by atoms with Crippen molar-refractivity contribution in [2.24, 2.45) is 0 Å². The summed E-state index contributed by atoms with van der Waals surface area (Å²) in [5.41, 5.74) is 2.02. The van der Waals surface area contributed by atoms with Crippen LogP contribution in [0.5, 0.6) is 0 Å². The second-order valence-electron chi connectivity index (χ2n) is 5.91. The van der Waals surface area contributed by atoms with E-state index in [1.165, 1.54) is 11.3 Å². The molecule has 0 fully saturated rings. The van der Waals surface area contributed by atoms with E-state index in [9.17, 15) is 9.59 Å². The quantitative estimate of drug-likeness (QED) is 0.455. The van der Waals surface area contributed by atoms with E-state index >= 15 is 0 Å². The molecular weight excluding hydrogens is 460 g/mol. The van der Waals surface area contributed by atoms with Gasteiger partial charge in [-0.1, -0.05) is 34.2 Å². The first-order valence-corrected chi connectivity index (χ1v) is 10.5. The third-order valence-corrected chi connectivity index (χ3v) is 5.37. The molecule has 0 aliphatic heterocycles. The maximum Gasteiger partial charge on any atom is 0.257 e. The van der Waals surface area contributed by atoms with Gasteiger partial charge < -0.3 is 10.6 Å². The van der Waals surface area contributed by atoms with Gasteiger partial charge in [-0.2, -0.15) is 0 Å². The molecule has 0 saturated carbocycles. The summed E-state index contributed by atoms with van der Waals surface area (Å²) in [4.78, 5) is 28.4. The van der Waals surface area contributed by atoms with Gasteiger partial charge in [0.1, 0.15) is 0 Å². The number of nitrogens with one attached hydrogen (secondary N) is 3. The Kier molecular flexibility index (Phi) is 6.71. The average molecular weight is 477 g/mol. The second kappa shape index (κ2) is 9.22. The lowest BCUT2D eigenvalue weighted by atomic mass is 10.2. The molecule has 2 amide bonds. The normalized spacial score (nSPS) is 10.5. The molecule has 1 aromatic heterocycles. The van der Waals surface area contributed by atoms with Crippen molar-refractivity contribution in [2.45, 2.75) is 19.8 Å². The molecule has 0 radical (unpaired) electrons. The van der Waals surface area contributed by atoms with Crippen LogP contribution in [0.25, 0.3) is 10.2 Å². The third kappa shape index (κ3) is 5.34. The van der Waals surface area contributed by atoms with Crippen LogP contribution < -0.4 is 16.0 Å². The van der Waals surface area contributed by atoms with E-state index in [0.717, 1.165) is 26.8 Å². The Labute approximate surface area is 179 Å². The third-order valence-electron chi connectivity index (χ3n) is 3.70. The minimum atomic E-state index is -0.287. The van der Waals surface area contributed by atoms with Crippen LogP contribution >= 0.6 is 39.5 Å². The largest absolute Gasteiger partial charge is 0.332 e. The molecular formula is C19H17BrN4O2S2. The first kappa shape index (κ1) is 20.4. The highest BCUT2D eigenvalue weighted by Crippen LogP contribution is 2.28. The molecule has 0 aliphatic rings. The summed E-state index contributed by atoms with van der Waals surface area (Å²) >= 11 is 9.95. The molecule has 2 aromatic carbocycles. The zero-order valence-corrected chi connectivity index (χ0v) is 18.1. The highest BCUT2D eigenvalue weighted by Gasteiger charge is 2.10. The Morgan fingerprint density at radius 2 is 1.89 bits per heavy atom. The van der Waals surface area contributed by atoms with Gasteiger partial charge in [-0.15, -0.1) is 0 Å². The molecule has 0 spiro atoms. The standard InChI is InChI=1S/C19H17BrN4O2S2/c1-2-3-16(25)23-19-22-14-9-8-13(10-15(14)28-19)21-18(27)24-17(26)11-4-6-12(20)7-5-11/h4-10H,2-3H2,1H3,(H,22,23,25)(H2,21,24,26,27). The summed E-state index contributed by atoms with van der Waals surface area (Å²) < 4.78 is 1.80. The molecule has 0 aliphatic carbocycles. The van der Waals surface area contributed by atoms with Crippen molar-refractivity contribution < 1.29 is 9.59 Å². The molecule has 0 atom stereocenters. The number of fused-ring (bicyclic) bond motifs is 1. The van der Waals surface area contributed by atoms with Crippen LogP contribution in [-0.2, 0) is 4.79 Å². The minimum Gasteiger partial charge on any atom is -0.332 e. The number of carbonyl (C=O) groups is 2. The van der Waals surface area contributed by atoms with Crippen LogP contribution in [0, 0.1) is 0 Å². The number of carbonyl (C=O) groups excluding carboxylic acids is 2. The van der Waals surface area contributed by atoms with E-state index < -0.39 is 0 Å². The van der Waals surface area contributed by atoms with Gasteiger partial charge in [0.05, 0.1) is 10.2 Å². The van der Waals surface area contributed by atoms with E-state index in [0.29, 0.717) is 17.1 Å². The summed E-state index contributed by atoms with van der Waals surface area (Å²) in [6.45, 7) is 1.95. The van der Waals surface area contributed by atoms with E-state index in [-0.39, 0.29) is 16.9 Å². The molecule has 1 heterocycles. The lowest BCUT2D eigenvalue weighted by Gasteiger charge is -2.09. The highest BCUT2D eigenvalue weighted by atomic mass is 79.9. The Balaban J connectivity index is 1.64. The summed E-state index contributed by atoms with van der Waals surface area (Å²) in [6.07, 6.45) is 1.25. The van der Waals surface area contributed by atoms with Crippen molar-refractivity contribution in [2.75, 3.05) is 10.6 Å². The predicted molar refractivity (Wildman–Crippen MR) is 121 cm³/mol. The van der Waals surface area contributed by atoms with Crippen molar-refractivity contribution >= 4 is 77.4 Å². The predicted octanol–water partition coefficient (Wildman–Crippen LogP) is 4.92. The molecule has 3 aromatic rings.